The number of rotatable bonds is 7. The normalized spacial score (nSPS) is 13.2. The highest BCUT2D eigenvalue weighted by atomic mass is 32.1. The van der Waals surface area contributed by atoms with Crippen LogP contribution in [-0.2, 0) is 17.8 Å². The molecule has 3 N–H and O–H groups in total. The molecule has 0 saturated carbocycles. The van der Waals surface area contributed by atoms with Gasteiger partial charge in [-0.1, -0.05) is 12.1 Å². The minimum absolute atomic E-state index is 0.0360. The molecular weight excluding hydrogens is 406 g/mol. The maximum absolute atomic E-state index is 12.5. The molecule has 4 rings (SSSR count). The lowest BCUT2D eigenvalue weighted by Crippen LogP contribution is -2.27. The molecule has 30 heavy (non-hydrogen) atoms. The fourth-order valence-electron chi connectivity index (χ4n) is 2.98. The fourth-order valence-corrected chi connectivity index (χ4v) is 3.83. The average molecular weight is 425 g/mol. The second-order valence-corrected chi connectivity index (χ2v) is 7.37. The van der Waals surface area contributed by atoms with E-state index in [0.29, 0.717) is 40.9 Å². The number of aromatic nitrogens is 1. The molecule has 1 aromatic carbocycles. The third kappa shape index (κ3) is 4.49. The standard InChI is InChI=1S/C20H19N5O4S/c26-17(10-13-12-30-20(23-13)25-8-7-21-19(25)28)24-16-6-2-1-5-15(16)18(27)22-11-14-4-3-9-29-14/h1-6,9,12H,7-8,10-11H2,(H,21,28)(H,22,27)(H,24,26). The molecule has 1 aliphatic rings. The first kappa shape index (κ1) is 19.6. The lowest BCUT2D eigenvalue weighted by atomic mass is 10.1. The molecule has 0 spiro atoms. The molecule has 0 atom stereocenters. The van der Waals surface area contributed by atoms with E-state index < -0.39 is 0 Å². The zero-order valence-electron chi connectivity index (χ0n) is 15.9. The largest absolute Gasteiger partial charge is 0.467 e. The van der Waals surface area contributed by atoms with Crippen molar-refractivity contribution < 1.29 is 18.8 Å². The molecule has 3 aromatic rings. The summed E-state index contributed by atoms with van der Waals surface area (Å²) in [6, 6.07) is 10.1. The minimum atomic E-state index is -0.321. The van der Waals surface area contributed by atoms with Gasteiger partial charge in [-0.15, -0.1) is 11.3 Å². The van der Waals surface area contributed by atoms with Crippen molar-refractivity contribution in [1.29, 1.82) is 0 Å². The first-order valence-electron chi connectivity index (χ1n) is 9.29. The number of nitrogens with zero attached hydrogens (tertiary/aromatic N) is 2. The van der Waals surface area contributed by atoms with Gasteiger partial charge in [-0.3, -0.25) is 14.5 Å². The summed E-state index contributed by atoms with van der Waals surface area (Å²) in [4.78, 5) is 42.7. The molecule has 1 saturated heterocycles. The van der Waals surface area contributed by atoms with E-state index in [1.54, 1.807) is 46.7 Å². The number of amides is 4. The molecule has 1 fully saturated rings. The Kier molecular flexibility index (Phi) is 5.75. The molecule has 0 radical (unpaired) electrons. The summed E-state index contributed by atoms with van der Waals surface area (Å²) in [5.41, 5.74) is 1.32. The van der Waals surface area contributed by atoms with Crippen LogP contribution in [0, 0.1) is 0 Å². The Labute approximate surface area is 176 Å². The van der Waals surface area contributed by atoms with Crippen molar-refractivity contribution in [3.63, 3.8) is 0 Å². The molecule has 2 aromatic heterocycles. The minimum Gasteiger partial charge on any atom is -0.467 e. The topological polar surface area (TPSA) is 117 Å². The van der Waals surface area contributed by atoms with E-state index >= 15 is 0 Å². The summed E-state index contributed by atoms with van der Waals surface area (Å²) < 4.78 is 5.21. The van der Waals surface area contributed by atoms with Crippen LogP contribution in [0.15, 0.2) is 52.5 Å². The molecule has 1 aliphatic heterocycles. The molecule has 154 valence electrons. The van der Waals surface area contributed by atoms with Gasteiger partial charge in [0.25, 0.3) is 5.91 Å². The van der Waals surface area contributed by atoms with Crippen LogP contribution in [0.25, 0.3) is 0 Å². The van der Waals surface area contributed by atoms with E-state index in [0.717, 1.165) is 0 Å². The summed E-state index contributed by atoms with van der Waals surface area (Å²) in [5.74, 6) is 0.0122. The number of anilines is 2. The average Bonchev–Trinajstić information content (AvgIpc) is 3.49. The summed E-state index contributed by atoms with van der Waals surface area (Å²) in [7, 11) is 0. The molecule has 10 heteroatoms. The summed E-state index contributed by atoms with van der Waals surface area (Å²) in [5, 5.41) is 10.6. The maximum Gasteiger partial charge on any atom is 0.323 e. The van der Waals surface area contributed by atoms with Gasteiger partial charge in [0.05, 0.1) is 36.2 Å². The molecule has 0 aliphatic carbocycles. The number of urea groups is 1. The Hall–Kier alpha value is -3.66. The number of thiazole rings is 1. The predicted molar refractivity (Wildman–Crippen MR) is 112 cm³/mol. The van der Waals surface area contributed by atoms with Crippen molar-refractivity contribution >= 4 is 40.0 Å². The number of para-hydroxylation sites is 1. The first-order chi connectivity index (χ1) is 14.6. The highest BCUT2D eigenvalue weighted by molar-refractivity contribution is 7.14. The molecule has 0 unspecified atom stereocenters. The smallest absolute Gasteiger partial charge is 0.323 e. The Balaban J connectivity index is 1.38. The Morgan fingerprint density at radius 2 is 2.10 bits per heavy atom. The van der Waals surface area contributed by atoms with Gasteiger partial charge in [0.2, 0.25) is 5.91 Å². The van der Waals surface area contributed by atoms with E-state index in [9.17, 15) is 14.4 Å². The number of carbonyl (C=O) groups is 3. The Morgan fingerprint density at radius 3 is 2.87 bits per heavy atom. The van der Waals surface area contributed by atoms with E-state index in [1.807, 2.05) is 0 Å². The van der Waals surface area contributed by atoms with Crippen molar-refractivity contribution in [2.75, 3.05) is 23.3 Å². The molecular formula is C20H19N5O4S. The number of hydrogen-bond acceptors (Lipinski definition) is 6. The van der Waals surface area contributed by atoms with Crippen LogP contribution in [0.4, 0.5) is 15.6 Å². The first-order valence-corrected chi connectivity index (χ1v) is 10.2. The van der Waals surface area contributed by atoms with Gasteiger partial charge < -0.3 is 20.4 Å². The Morgan fingerprint density at radius 1 is 1.23 bits per heavy atom. The maximum atomic E-state index is 12.5. The van der Waals surface area contributed by atoms with Crippen molar-refractivity contribution in [2.45, 2.75) is 13.0 Å². The van der Waals surface area contributed by atoms with E-state index in [-0.39, 0.29) is 30.8 Å². The summed E-state index contributed by atoms with van der Waals surface area (Å²) in [6.45, 7) is 1.38. The van der Waals surface area contributed by atoms with Crippen molar-refractivity contribution in [3.05, 3.63) is 65.1 Å². The number of benzene rings is 1. The third-order valence-corrected chi connectivity index (χ3v) is 5.33. The van der Waals surface area contributed by atoms with Gasteiger partial charge in [0.15, 0.2) is 5.13 Å². The number of furan rings is 1. The summed E-state index contributed by atoms with van der Waals surface area (Å²) >= 11 is 1.31. The lowest BCUT2D eigenvalue weighted by Gasteiger charge is -2.11. The number of hydrogen-bond donors (Lipinski definition) is 3. The highest BCUT2D eigenvalue weighted by Gasteiger charge is 2.24. The number of nitrogens with one attached hydrogen (secondary N) is 3. The van der Waals surface area contributed by atoms with E-state index in [2.05, 4.69) is 20.9 Å². The van der Waals surface area contributed by atoms with Gasteiger partial charge >= 0.3 is 6.03 Å². The van der Waals surface area contributed by atoms with Gasteiger partial charge in [-0.25, -0.2) is 9.78 Å². The van der Waals surface area contributed by atoms with Gasteiger partial charge in [-0.2, -0.15) is 0 Å². The van der Waals surface area contributed by atoms with Crippen LogP contribution in [-0.4, -0.2) is 35.9 Å². The second kappa shape index (κ2) is 8.78. The monoisotopic (exact) mass is 425 g/mol. The molecule has 0 bridgehead atoms. The van der Waals surface area contributed by atoms with Crippen molar-refractivity contribution in [3.8, 4) is 0 Å². The molecule has 9 nitrogen and oxygen atoms in total. The third-order valence-electron chi connectivity index (χ3n) is 4.42. The predicted octanol–water partition coefficient (Wildman–Crippen LogP) is 2.38. The van der Waals surface area contributed by atoms with Crippen LogP contribution in [0.5, 0.6) is 0 Å². The van der Waals surface area contributed by atoms with Gasteiger partial charge in [-0.05, 0) is 24.3 Å². The Bertz CT molecular complexity index is 1060. The van der Waals surface area contributed by atoms with Crippen molar-refractivity contribution in [2.24, 2.45) is 0 Å². The van der Waals surface area contributed by atoms with Crippen LogP contribution in [0.1, 0.15) is 21.8 Å². The molecule has 4 amide bonds. The van der Waals surface area contributed by atoms with Crippen LogP contribution < -0.4 is 20.9 Å². The van der Waals surface area contributed by atoms with Crippen LogP contribution >= 0.6 is 11.3 Å². The highest BCUT2D eigenvalue weighted by Crippen LogP contribution is 2.23. The van der Waals surface area contributed by atoms with Gasteiger partial charge in [0.1, 0.15) is 5.76 Å². The zero-order chi connectivity index (χ0) is 20.9. The van der Waals surface area contributed by atoms with Crippen molar-refractivity contribution in [1.82, 2.24) is 15.6 Å². The SMILES string of the molecule is O=C(Cc1csc(N2CCNC2=O)n1)Nc1ccccc1C(=O)NCc1ccco1. The summed E-state index contributed by atoms with van der Waals surface area (Å²) in [6.07, 6.45) is 1.57. The van der Waals surface area contributed by atoms with Crippen LogP contribution in [0.2, 0.25) is 0 Å². The number of carbonyl (C=O) groups excluding carboxylic acids is 3. The van der Waals surface area contributed by atoms with E-state index in [1.165, 1.54) is 17.6 Å². The quantitative estimate of drug-likeness (QED) is 0.537. The molecule has 3 heterocycles. The van der Waals surface area contributed by atoms with E-state index in [4.69, 9.17) is 4.42 Å². The van der Waals surface area contributed by atoms with Gasteiger partial charge in [0, 0.05) is 18.5 Å². The lowest BCUT2D eigenvalue weighted by molar-refractivity contribution is -0.115. The second-order valence-electron chi connectivity index (χ2n) is 6.54. The fraction of sp³-hybridized carbons (Fsp3) is 0.200. The van der Waals surface area contributed by atoms with Crippen LogP contribution in [0.3, 0.4) is 0 Å². The zero-order valence-corrected chi connectivity index (χ0v) is 16.7.